The van der Waals surface area contributed by atoms with E-state index in [0.29, 0.717) is 23.4 Å². The number of hydrogen-bond acceptors (Lipinski definition) is 5. The number of carboxylic acids is 1. The maximum atomic E-state index is 14.8. The van der Waals surface area contributed by atoms with E-state index < -0.39 is 37.6 Å². The number of halogens is 2. The van der Waals surface area contributed by atoms with Crippen LogP contribution in [0.15, 0.2) is 24.3 Å². The van der Waals surface area contributed by atoms with Crippen molar-refractivity contribution in [2.75, 3.05) is 19.0 Å². The number of benzene rings is 1. The largest absolute Gasteiger partial charge is 0.481 e. The molecule has 1 aliphatic heterocycles. The average molecular weight is 520 g/mol. The number of pyridine rings is 1. The molecule has 0 bridgehead atoms. The Morgan fingerprint density at radius 1 is 1.17 bits per heavy atom. The summed E-state index contributed by atoms with van der Waals surface area (Å²) in [5, 5.41) is 11.5. The van der Waals surface area contributed by atoms with Crippen molar-refractivity contribution < 1.29 is 33.0 Å². The van der Waals surface area contributed by atoms with Gasteiger partial charge in [-0.3, -0.25) is 19.4 Å². The quantitative estimate of drug-likeness (QED) is 0.492. The third-order valence-corrected chi connectivity index (χ3v) is 7.94. The van der Waals surface area contributed by atoms with Crippen LogP contribution in [0.5, 0.6) is 0 Å². The summed E-state index contributed by atoms with van der Waals surface area (Å²) in [6.07, 6.45) is 0.312. The van der Waals surface area contributed by atoms with Gasteiger partial charge in [0.2, 0.25) is 5.91 Å². The topological polar surface area (TPSA) is 109 Å². The first-order chi connectivity index (χ1) is 16.9. The van der Waals surface area contributed by atoms with Crippen LogP contribution in [0.25, 0.3) is 0 Å². The minimum atomic E-state index is -2.30. The molecule has 36 heavy (non-hydrogen) atoms. The second-order valence-corrected chi connectivity index (χ2v) is 14.8. The number of amides is 2. The van der Waals surface area contributed by atoms with Gasteiger partial charge in [0.15, 0.2) is 0 Å². The Morgan fingerprint density at radius 3 is 2.42 bits per heavy atom. The van der Waals surface area contributed by atoms with E-state index in [9.17, 15) is 23.2 Å². The second kappa shape index (κ2) is 11.3. The van der Waals surface area contributed by atoms with Gasteiger partial charge in [-0.1, -0.05) is 25.7 Å². The van der Waals surface area contributed by atoms with Gasteiger partial charge in [0.1, 0.15) is 17.7 Å². The summed E-state index contributed by atoms with van der Waals surface area (Å²) in [5.41, 5.74) is 1.75. The maximum absolute atomic E-state index is 14.8. The van der Waals surface area contributed by atoms with Gasteiger partial charge in [-0.05, 0) is 24.6 Å². The molecule has 0 saturated carbocycles. The van der Waals surface area contributed by atoms with E-state index >= 15 is 0 Å². The van der Waals surface area contributed by atoms with Crippen LogP contribution in [0, 0.1) is 11.6 Å². The summed E-state index contributed by atoms with van der Waals surface area (Å²) >= 11 is 0. The number of carbonyl (C=O) groups is 3. The fraction of sp³-hybridized carbons (Fsp3) is 0.440. The normalized spacial score (nSPS) is 15.4. The first kappa shape index (κ1) is 27.4. The molecule has 0 aliphatic carbocycles. The van der Waals surface area contributed by atoms with Crippen molar-refractivity contribution in [1.29, 1.82) is 0 Å². The number of ether oxygens (including phenoxy) is 1. The molecule has 0 fully saturated rings. The van der Waals surface area contributed by atoms with E-state index in [2.05, 4.69) is 10.3 Å². The summed E-state index contributed by atoms with van der Waals surface area (Å²) in [4.78, 5) is 43.2. The van der Waals surface area contributed by atoms with Gasteiger partial charge in [-0.25, -0.2) is 8.78 Å². The fourth-order valence-electron chi connectivity index (χ4n) is 4.42. The van der Waals surface area contributed by atoms with E-state index in [1.165, 1.54) is 4.90 Å². The van der Waals surface area contributed by atoms with Crippen molar-refractivity contribution in [2.24, 2.45) is 0 Å². The number of nitrogens with one attached hydrogen (secondary N) is 1. The van der Waals surface area contributed by atoms with Gasteiger partial charge in [0, 0.05) is 55.0 Å². The number of nitrogens with zero attached hydrogens (tertiary/aromatic N) is 2. The van der Waals surface area contributed by atoms with Crippen LogP contribution in [0.1, 0.15) is 42.3 Å². The summed E-state index contributed by atoms with van der Waals surface area (Å²) in [7, 11) is -0.758. The molecule has 0 unspecified atom stereocenters. The van der Waals surface area contributed by atoms with Crippen molar-refractivity contribution >= 4 is 36.7 Å². The standard InChI is InChI=1S/C25H31F2N3O5Si/c1-35-14-15-8-9-17-20(28-15)10-11-30(21(31)6-5-7-22(32)33)23(17)25(34)29-16-12-18(26)24(19(27)13-16)36(2,3)4/h8-9,12-13,23H,5-7,10-11,14H2,1-4H3,(H,29,34)(H,32,33)/t23-/m1/s1. The molecule has 0 radical (unpaired) electrons. The zero-order valence-corrected chi connectivity index (χ0v) is 21.9. The summed E-state index contributed by atoms with van der Waals surface area (Å²) in [5.74, 6) is -3.47. The van der Waals surface area contributed by atoms with Crippen molar-refractivity contribution in [3.63, 3.8) is 0 Å². The number of methoxy groups -OCH3 is 1. The smallest absolute Gasteiger partial charge is 0.303 e. The average Bonchev–Trinajstić information content (AvgIpc) is 2.76. The number of carbonyl (C=O) groups excluding carboxylic acids is 2. The first-order valence-electron chi connectivity index (χ1n) is 11.7. The summed E-state index contributed by atoms with van der Waals surface area (Å²) in [6, 6.07) is 4.50. The van der Waals surface area contributed by atoms with Crippen LogP contribution in [0.2, 0.25) is 19.6 Å². The first-order valence-corrected chi connectivity index (χ1v) is 15.2. The molecule has 3 rings (SSSR count). The van der Waals surface area contributed by atoms with Crippen molar-refractivity contribution in [1.82, 2.24) is 9.88 Å². The van der Waals surface area contributed by atoms with Gasteiger partial charge in [-0.2, -0.15) is 0 Å². The van der Waals surface area contributed by atoms with E-state index in [4.69, 9.17) is 9.84 Å². The van der Waals surface area contributed by atoms with Crippen molar-refractivity contribution in [3.05, 3.63) is 52.9 Å². The SMILES string of the molecule is COCc1ccc2c(n1)CCN(C(=O)CCCC(=O)O)[C@H]2C(=O)Nc1cc(F)c([Si](C)(C)C)c(F)c1. The molecule has 1 aromatic heterocycles. The molecule has 2 aromatic rings. The van der Waals surface area contributed by atoms with Crippen molar-refractivity contribution in [2.45, 2.75) is 58.0 Å². The van der Waals surface area contributed by atoms with E-state index in [1.807, 2.05) is 19.6 Å². The number of rotatable bonds is 9. The predicted octanol–water partition coefficient (Wildman–Crippen LogP) is 3.37. The molecule has 11 heteroatoms. The molecule has 0 saturated heterocycles. The highest BCUT2D eigenvalue weighted by molar-refractivity contribution is 6.88. The highest BCUT2D eigenvalue weighted by Gasteiger charge is 2.37. The van der Waals surface area contributed by atoms with Gasteiger partial charge >= 0.3 is 5.97 Å². The molecule has 194 valence electrons. The van der Waals surface area contributed by atoms with Crippen LogP contribution in [0.3, 0.4) is 0 Å². The van der Waals surface area contributed by atoms with Gasteiger partial charge in [-0.15, -0.1) is 0 Å². The lowest BCUT2D eigenvalue weighted by Gasteiger charge is -2.36. The lowest BCUT2D eigenvalue weighted by molar-refractivity contribution is -0.140. The minimum absolute atomic E-state index is 0.0469. The Bertz CT molecular complexity index is 1150. The van der Waals surface area contributed by atoms with Gasteiger partial charge < -0.3 is 20.1 Å². The zero-order chi connectivity index (χ0) is 26.6. The van der Waals surface area contributed by atoms with E-state index in [-0.39, 0.29) is 49.2 Å². The molecule has 1 aromatic carbocycles. The number of aromatic nitrogens is 1. The Labute approximate surface area is 209 Å². The van der Waals surface area contributed by atoms with Crippen LogP contribution >= 0.6 is 0 Å². The van der Waals surface area contributed by atoms with Gasteiger partial charge in [0.25, 0.3) is 5.91 Å². The highest BCUT2D eigenvalue weighted by atomic mass is 28.3. The monoisotopic (exact) mass is 519 g/mol. The molecule has 2 amide bonds. The zero-order valence-electron chi connectivity index (χ0n) is 20.9. The molecule has 0 spiro atoms. The Hall–Kier alpha value is -3.18. The number of fused-ring (bicyclic) bond motifs is 1. The Kier molecular flexibility index (Phi) is 8.57. The molecular formula is C25H31F2N3O5Si. The Balaban J connectivity index is 1.93. The van der Waals surface area contributed by atoms with Crippen LogP contribution in [-0.4, -0.2) is 54.5 Å². The predicted molar refractivity (Wildman–Crippen MR) is 133 cm³/mol. The number of aliphatic carboxylic acids is 1. The van der Waals surface area contributed by atoms with Crippen LogP contribution < -0.4 is 10.5 Å². The maximum Gasteiger partial charge on any atom is 0.303 e. The number of anilines is 1. The molecule has 1 atom stereocenters. The second-order valence-electron chi connectivity index (χ2n) is 9.81. The summed E-state index contributed by atoms with van der Waals surface area (Å²) in [6.45, 7) is 5.95. The summed E-state index contributed by atoms with van der Waals surface area (Å²) < 4.78 is 34.7. The molecular weight excluding hydrogens is 488 g/mol. The molecule has 1 aliphatic rings. The lowest BCUT2D eigenvalue weighted by atomic mass is 9.94. The molecule has 2 heterocycles. The molecule has 8 nitrogen and oxygen atoms in total. The van der Waals surface area contributed by atoms with Crippen LogP contribution in [-0.2, 0) is 32.1 Å². The van der Waals surface area contributed by atoms with Gasteiger partial charge in [0.05, 0.1) is 20.4 Å². The van der Waals surface area contributed by atoms with E-state index in [1.54, 1.807) is 19.2 Å². The highest BCUT2D eigenvalue weighted by Crippen LogP contribution is 2.31. The van der Waals surface area contributed by atoms with Crippen LogP contribution in [0.4, 0.5) is 14.5 Å². The fourth-order valence-corrected chi connectivity index (χ4v) is 5.99. The van der Waals surface area contributed by atoms with E-state index in [0.717, 1.165) is 12.1 Å². The third-order valence-electron chi connectivity index (χ3n) is 5.96. The third kappa shape index (κ3) is 6.32. The minimum Gasteiger partial charge on any atom is -0.481 e. The van der Waals surface area contributed by atoms with Crippen molar-refractivity contribution in [3.8, 4) is 0 Å². The lowest BCUT2D eigenvalue weighted by Crippen LogP contribution is -2.46. The number of hydrogen-bond donors (Lipinski definition) is 2. The Morgan fingerprint density at radius 2 is 1.83 bits per heavy atom. The number of carboxylic acid groups (broad SMARTS) is 1. The molecule has 2 N–H and O–H groups in total.